The second-order valence-electron chi connectivity index (χ2n) is 2.97. The summed E-state index contributed by atoms with van der Waals surface area (Å²) in [5.41, 5.74) is 8.43. The van der Waals surface area contributed by atoms with Gasteiger partial charge in [0.05, 0.1) is 0 Å². The zero-order valence-corrected chi connectivity index (χ0v) is 8.20. The van der Waals surface area contributed by atoms with Gasteiger partial charge in [-0.15, -0.1) is 0 Å². The highest BCUT2D eigenvalue weighted by molar-refractivity contribution is 6.30. The van der Waals surface area contributed by atoms with Crippen LogP contribution >= 0.6 is 11.6 Å². The molecule has 2 aromatic rings. The molecule has 1 aromatic heterocycles. The molecule has 3 heteroatoms. The second kappa shape index (κ2) is 3.68. The van der Waals surface area contributed by atoms with Crippen LogP contribution in [-0.2, 0) is 0 Å². The van der Waals surface area contributed by atoms with E-state index in [4.69, 9.17) is 17.3 Å². The van der Waals surface area contributed by atoms with E-state index >= 15 is 0 Å². The standard InChI is InChI=1S/C11H9ClN2/c12-9-3-1-2-8(6-9)10-7-14-5-4-11(10)13/h1-7H,(H2,13,14). The molecule has 14 heavy (non-hydrogen) atoms. The van der Waals surface area contributed by atoms with Gasteiger partial charge in [0.25, 0.3) is 0 Å². The largest absolute Gasteiger partial charge is 0.398 e. The molecule has 0 spiro atoms. The fraction of sp³-hybridized carbons (Fsp3) is 0. The third kappa shape index (κ3) is 1.70. The molecule has 0 fully saturated rings. The zero-order valence-electron chi connectivity index (χ0n) is 7.44. The van der Waals surface area contributed by atoms with E-state index in [0.717, 1.165) is 11.1 Å². The minimum absolute atomic E-state index is 0.700. The maximum Gasteiger partial charge on any atom is 0.0424 e. The van der Waals surface area contributed by atoms with Crippen molar-refractivity contribution in [3.05, 3.63) is 47.7 Å². The van der Waals surface area contributed by atoms with Gasteiger partial charge in [-0.05, 0) is 23.8 Å². The highest BCUT2D eigenvalue weighted by atomic mass is 35.5. The molecule has 0 saturated carbocycles. The van der Waals surface area contributed by atoms with E-state index in [1.807, 2.05) is 24.3 Å². The molecule has 2 nitrogen and oxygen atoms in total. The third-order valence-corrected chi connectivity index (χ3v) is 2.23. The first-order valence-electron chi connectivity index (χ1n) is 4.23. The summed E-state index contributed by atoms with van der Waals surface area (Å²) < 4.78 is 0. The topological polar surface area (TPSA) is 38.9 Å². The van der Waals surface area contributed by atoms with Gasteiger partial charge in [-0.3, -0.25) is 4.98 Å². The summed E-state index contributed by atoms with van der Waals surface area (Å²) in [5, 5.41) is 0.700. The molecular weight excluding hydrogens is 196 g/mol. The third-order valence-electron chi connectivity index (χ3n) is 1.99. The van der Waals surface area contributed by atoms with Crippen LogP contribution in [0.1, 0.15) is 0 Å². The molecular formula is C11H9ClN2. The molecule has 0 aliphatic heterocycles. The van der Waals surface area contributed by atoms with Crippen molar-refractivity contribution in [3.8, 4) is 11.1 Å². The van der Waals surface area contributed by atoms with Gasteiger partial charge in [-0.25, -0.2) is 0 Å². The smallest absolute Gasteiger partial charge is 0.0424 e. The van der Waals surface area contributed by atoms with Gasteiger partial charge in [0.2, 0.25) is 0 Å². The number of hydrogen-bond donors (Lipinski definition) is 1. The maximum absolute atomic E-state index is 5.89. The minimum Gasteiger partial charge on any atom is -0.398 e. The summed E-state index contributed by atoms with van der Waals surface area (Å²) in [4.78, 5) is 4.03. The van der Waals surface area contributed by atoms with E-state index in [2.05, 4.69) is 4.98 Å². The van der Waals surface area contributed by atoms with Crippen molar-refractivity contribution < 1.29 is 0 Å². The quantitative estimate of drug-likeness (QED) is 0.776. The van der Waals surface area contributed by atoms with Gasteiger partial charge in [0.1, 0.15) is 0 Å². The first-order valence-corrected chi connectivity index (χ1v) is 4.60. The Morgan fingerprint density at radius 2 is 2.07 bits per heavy atom. The van der Waals surface area contributed by atoms with Crippen LogP contribution in [0.5, 0.6) is 0 Å². The predicted molar refractivity (Wildman–Crippen MR) is 59.1 cm³/mol. The van der Waals surface area contributed by atoms with E-state index in [-0.39, 0.29) is 0 Å². The number of pyridine rings is 1. The normalized spacial score (nSPS) is 10.1. The SMILES string of the molecule is Nc1ccncc1-c1cccc(Cl)c1. The lowest BCUT2D eigenvalue weighted by molar-refractivity contribution is 1.33. The molecule has 0 atom stereocenters. The lowest BCUT2D eigenvalue weighted by atomic mass is 10.1. The number of nitrogen functional groups attached to an aromatic ring is 1. The average molecular weight is 205 g/mol. The highest BCUT2D eigenvalue weighted by Gasteiger charge is 2.01. The van der Waals surface area contributed by atoms with Gasteiger partial charge in [0.15, 0.2) is 0 Å². The van der Waals surface area contributed by atoms with E-state index < -0.39 is 0 Å². The van der Waals surface area contributed by atoms with Gasteiger partial charge in [-0.2, -0.15) is 0 Å². The monoisotopic (exact) mass is 204 g/mol. The summed E-state index contributed by atoms with van der Waals surface area (Å²) in [6.45, 7) is 0. The Morgan fingerprint density at radius 3 is 2.79 bits per heavy atom. The number of rotatable bonds is 1. The lowest BCUT2D eigenvalue weighted by Crippen LogP contribution is -1.90. The van der Waals surface area contributed by atoms with Crippen molar-refractivity contribution >= 4 is 17.3 Å². The summed E-state index contributed by atoms with van der Waals surface area (Å²) in [7, 11) is 0. The Hall–Kier alpha value is -1.54. The van der Waals surface area contributed by atoms with Crippen LogP contribution in [0.4, 0.5) is 5.69 Å². The molecule has 70 valence electrons. The van der Waals surface area contributed by atoms with Crippen LogP contribution in [0.3, 0.4) is 0 Å². The summed E-state index contributed by atoms with van der Waals surface area (Å²) in [5.74, 6) is 0. The first kappa shape index (κ1) is 9.03. The summed E-state index contributed by atoms with van der Waals surface area (Å²) >= 11 is 5.89. The van der Waals surface area contributed by atoms with Gasteiger partial charge in [0, 0.05) is 28.7 Å². The minimum atomic E-state index is 0.700. The van der Waals surface area contributed by atoms with E-state index in [9.17, 15) is 0 Å². The predicted octanol–water partition coefficient (Wildman–Crippen LogP) is 2.98. The Bertz CT molecular complexity index is 455. The molecule has 0 unspecified atom stereocenters. The maximum atomic E-state index is 5.89. The Morgan fingerprint density at radius 1 is 1.21 bits per heavy atom. The van der Waals surface area contributed by atoms with Crippen molar-refractivity contribution in [1.29, 1.82) is 0 Å². The van der Waals surface area contributed by atoms with Crippen molar-refractivity contribution in [2.45, 2.75) is 0 Å². The van der Waals surface area contributed by atoms with Gasteiger partial charge < -0.3 is 5.73 Å². The fourth-order valence-corrected chi connectivity index (χ4v) is 1.49. The Labute approximate surface area is 87.4 Å². The number of benzene rings is 1. The lowest BCUT2D eigenvalue weighted by Gasteiger charge is -2.04. The molecule has 0 radical (unpaired) electrons. The number of nitrogens with two attached hydrogens (primary N) is 1. The fourth-order valence-electron chi connectivity index (χ4n) is 1.30. The van der Waals surface area contributed by atoms with E-state index in [1.165, 1.54) is 0 Å². The number of anilines is 1. The molecule has 0 aliphatic rings. The van der Waals surface area contributed by atoms with E-state index in [0.29, 0.717) is 10.7 Å². The Balaban J connectivity index is 2.55. The van der Waals surface area contributed by atoms with Crippen LogP contribution in [0, 0.1) is 0 Å². The second-order valence-corrected chi connectivity index (χ2v) is 3.41. The molecule has 2 N–H and O–H groups in total. The molecule has 0 amide bonds. The average Bonchev–Trinajstić information content (AvgIpc) is 2.18. The molecule has 1 aromatic carbocycles. The molecule has 1 heterocycles. The zero-order chi connectivity index (χ0) is 9.97. The van der Waals surface area contributed by atoms with Crippen molar-refractivity contribution in [1.82, 2.24) is 4.98 Å². The number of aromatic nitrogens is 1. The number of nitrogens with zero attached hydrogens (tertiary/aromatic N) is 1. The van der Waals surface area contributed by atoms with Gasteiger partial charge in [-0.1, -0.05) is 23.7 Å². The van der Waals surface area contributed by atoms with Crippen LogP contribution in [0.25, 0.3) is 11.1 Å². The van der Waals surface area contributed by atoms with Crippen LogP contribution in [-0.4, -0.2) is 4.98 Å². The van der Waals surface area contributed by atoms with Crippen molar-refractivity contribution in [2.24, 2.45) is 0 Å². The number of hydrogen-bond acceptors (Lipinski definition) is 2. The van der Waals surface area contributed by atoms with E-state index in [1.54, 1.807) is 18.5 Å². The molecule has 0 bridgehead atoms. The van der Waals surface area contributed by atoms with Crippen molar-refractivity contribution in [3.63, 3.8) is 0 Å². The van der Waals surface area contributed by atoms with Crippen molar-refractivity contribution in [2.75, 3.05) is 5.73 Å². The molecule has 0 aliphatic carbocycles. The van der Waals surface area contributed by atoms with Crippen LogP contribution < -0.4 is 5.73 Å². The summed E-state index contributed by atoms with van der Waals surface area (Å²) in [6, 6.07) is 9.33. The molecule has 2 rings (SSSR count). The molecule has 0 saturated heterocycles. The van der Waals surface area contributed by atoms with Crippen LogP contribution in [0.15, 0.2) is 42.7 Å². The van der Waals surface area contributed by atoms with Gasteiger partial charge >= 0.3 is 0 Å². The first-order chi connectivity index (χ1) is 6.77. The highest BCUT2D eigenvalue weighted by Crippen LogP contribution is 2.26. The number of halogens is 1. The Kier molecular flexibility index (Phi) is 2.37. The van der Waals surface area contributed by atoms with Crippen LogP contribution in [0.2, 0.25) is 5.02 Å². The summed E-state index contributed by atoms with van der Waals surface area (Å²) in [6.07, 6.45) is 3.41.